The summed E-state index contributed by atoms with van der Waals surface area (Å²) < 4.78 is 22.9. The van der Waals surface area contributed by atoms with Crippen LogP contribution < -0.4 is 0 Å². The minimum absolute atomic E-state index is 0.0197. The van der Waals surface area contributed by atoms with Crippen molar-refractivity contribution in [2.24, 2.45) is 0 Å². The van der Waals surface area contributed by atoms with Crippen molar-refractivity contribution in [2.45, 2.75) is 162 Å². The molecule has 0 rings (SSSR count). The van der Waals surface area contributed by atoms with Gasteiger partial charge in [-0.05, 0) is 51.0 Å². The van der Waals surface area contributed by atoms with Crippen LogP contribution in [0.25, 0.3) is 0 Å². The Balaban J connectivity index is 3.56. The van der Waals surface area contributed by atoms with Crippen LogP contribution in [0.15, 0.2) is 12.3 Å². The van der Waals surface area contributed by atoms with Gasteiger partial charge in [-0.2, -0.15) is 0 Å². The molecule has 4 heteroatoms. The van der Waals surface area contributed by atoms with Gasteiger partial charge < -0.3 is 18.9 Å². The van der Waals surface area contributed by atoms with Crippen LogP contribution in [0.4, 0.5) is 0 Å². The summed E-state index contributed by atoms with van der Waals surface area (Å²) >= 11 is 0. The van der Waals surface area contributed by atoms with E-state index in [9.17, 15) is 0 Å². The van der Waals surface area contributed by atoms with Crippen LogP contribution >= 0.6 is 0 Å². The van der Waals surface area contributed by atoms with Gasteiger partial charge in [0, 0.05) is 13.2 Å². The molecule has 0 N–H and O–H groups in total. The number of ether oxygens (including phenoxy) is 4. The van der Waals surface area contributed by atoms with Crippen molar-refractivity contribution in [3.63, 3.8) is 0 Å². The molecule has 0 aliphatic heterocycles. The Morgan fingerprint density at radius 1 is 0.514 bits per heavy atom. The van der Waals surface area contributed by atoms with E-state index >= 15 is 0 Å². The summed E-state index contributed by atoms with van der Waals surface area (Å²) in [5.41, 5.74) is 0. The molecule has 0 atom stereocenters. The fourth-order valence-corrected chi connectivity index (χ4v) is 4.04. The standard InChI is InChI=1S/C31H62O4/c1-4-7-10-23-28-34-31(35-29-24-11-8-5-2)25-21-19-17-15-13-12-14-16-18-20-22-27-33-30-32-26-9-6-3/h22,27,31H,4-21,23-26,28-30H2,1-3H3. The van der Waals surface area contributed by atoms with E-state index < -0.39 is 0 Å². The van der Waals surface area contributed by atoms with E-state index in [1.54, 1.807) is 6.26 Å². The molecule has 0 aromatic rings. The van der Waals surface area contributed by atoms with Gasteiger partial charge in [0.15, 0.2) is 13.1 Å². The lowest BCUT2D eigenvalue weighted by Crippen LogP contribution is -2.19. The van der Waals surface area contributed by atoms with Gasteiger partial charge in [0.2, 0.25) is 0 Å². The van der Waals surface area contributed by atoms with Crippen LogP contribution in [0.3, 0.4) is 0 Å². The lowest BCUT2D eigenvalue weighted by molar-refractivity contribution is -0.148. The molecule has 0 fully saturated rings. The highest BCUT2D eigenvalue weighted by Gasteiger charge is 2.09. The molecule has 35 heavy (non-hydrogen) atoms. The van der Waals surface area contributed by atoms with Crippen molar-refractivity contribution in [1.29, 1.82) is 0 Å². The van der Waals surface area contributed by atoms with Crippen molar-refractivity contribution in [1.82, 2.24) is 0 Å². The number of hydrogen-bond donors (Lipinski definition) is 0. The van der Waals surface area contributed by atoms with Crippen molar-refractivity contribution >= 4 is 0 Å². The minimum Gasteiger partial charge on any atom is -0.475 e. The van der Waals surface area contributed by atoms with E-state index in [1.165, 1.54) is 116 Å². The van der Waals surface area contributed by atoms with Crippen LogP contribution in [-0.4, -0.2) is 32.9 Å². The molecule has 0 saturated carbocycles. The molecular formula is C31H62O4. The van der Waals surface area contributed by atoms with Crippen LogP contribution in [0.1, 0.15) is 156 Å². The summed E-state index contributed by atoms with van der Waals surface area (Å²) in [6.45, 7) is 9.57. The first-order chi connectivity index (χ1) is 17.3. The van der Waals surface area contributed by atoms with E-state index in [0.717, 1.165) is 39.1 Å². The first kappa shape index (κ1) is 34.4. The van der Waals surface area contributed by atoms with Crippen LogP contribution in [0, 0.1) is 0 Å². The molecule has 0 amide bonds. The number of allylic oxidation sites excluding steroid dienone is 1. The van der Waals surface area contributed by atoms with Gasteiger partial charge >= 0.3 is 0 Å². The molecule has 0 unspecified atom stereocenters. The molecule has 0 radical (unpaired) electrons. The Bertz CT molecular complexity index is 385. The summed E-state index contributed by atoms with van der Waals surface area (Å²) in [4.78, 5) is 0. The molecule has 0 bridgehead atoms. The largest absolute Gasteiger partial charge is 0.475 e. The van der Waals surface area contributed by atoms with Gasteiger partial charge in [-0.3, -0.25) is 0 Å². The zero-order chi connectivity index (χ0) is 25.5. The second-order valence-corrected chi connectivity index (χ2v) is 9.97. The van der Waals surface area contributed by atoms with Gasteiger partial charge in [0.25, 0.3) is 0 Å². The normalized spacial score (nSPS) is 11.8. The number of hydrogen-bond acceptors (Lipinski definition) is 4. The summed E-state index contributed by atoms with van der Waals surface area (Å²) in [6.07, 6.45) is 30.4. The van der Waals surface area contributed by atoms with E-state index in [0.29, 0.717) is 6.79 Å². The molecule has 0 aliphatic rings. The Kier molecular flexibility index (Phi) is 30.9. The highest BCUT2D eigenvalue weighted by atomic mass is 16.7. The van der Waals surface area contributed by atoms with Gasteiger partial charge in [0.05, 0.1) is 12.9 Å². The summed E-state index contributed by atoms with van der Waals surface area (Å²) in [6, 6.07) is 0. The second kappa shape index (κ2) is 31.4. The molecule has 0 aliphatic carbocycles. The van der Waals surface area contributed by atoms with Crippen molar-refractivity contribution < 1.29 is 18.9 Å². The van der Waals surface area contributed by atoms with Crippen molar-refractivity contribution in [3.05, 3.63) is 12.3 Å². The summed E-state index contributed by atoms with van der Waals surface area (Å²) in [5.74, 6) is 0. The predicted molar refractivity (Wildman–Crippen MR) is 151 cm³/mol. The van der Waals surface area contributed by atoms with E-state index in [1.807, 2.05) is 0 Å². The monoisotopic (exact) mass is 498 g/mol. The molecule has 4 nitrogen and oxygen atoms in total. The van der Waals surface area contributed by atoms with Crippen LogP contribution in [0.5, 0.6) is 0 Å². The quantitative estimate of drug-likeness (QED) is 0.0560. The first-order valence-corrected chi connectivity index (χ1v) is 15.4. The maximum absolute atomic E-state index is 6.09. The van der Waals surface area contributed by atoms with Gasteiger partial charge in [-0.1, -0.05) is 111 Å². The van der Waals surface area contributed by atoms with Crippen molar-refractivity contribution in [2.75, 3.05) is 26.6 Å². The lowest BCUT2D eigenvalue weighted by atomic mass is 10.1. The third-order valence-electron chi connectivity index (χ3n) is 6.40. The molecule has 0 saturated heterocycles. The summed E-state index contributed by atoms with van der Waals surface area (Å²) in [7, 11) is 0. The zero-order valence-corrected chi connectivity index (χ0v) is 24.0. The third-order valence-corrected chi connectivity index (χ3v) is 6.40. The molecule has 0 aromatic heterocycles. The maximum atomic E-state index is 6.09. The highest BCUT2D eigenvalue weighted by Crippen LogP contribution is 2.15. The molecule has 210 valence electrons. The third kappa shape index (κ3) is 29.5. The lowest BCUT2D eigenvalue weighted by Gasteiger charge is -2.19. The molecule has 0 spiro atoms. The number of unbranched alkanes of at least 4 members (excludes halogenated alkanes) is 16. The zero-order valence-electron chi connectivity index (χ0n) is 24.0. The fraction of sp³-hybridized carbons (Fsp3) is 0.935. The molecule has 0 heterocycles. The molecular weight excluding hydrogens is 436 g/mol. The fourth-order valence-electron chi connectivity index (χ4n) is 4.04. The Hall–Kier alpha value is -0.580. The first-order valence-electron chi connectivity index (χ1n) is 15.4. The number of rotatable bonds is 30. The Morgan fingerprint density at radius 2 is 1.03 bits per heavy atom. The van der Waals surface area contributed by atoms with Crippen LogP contribution in [0.2, 0.25) is 0 Å². The summed E-state index contributed by atoms with van der Waals surface area (Å²) in [5, 5.41) is 0. The second-order valence-electron chi connectivity index (χ2n) is 9.97. The van der Waals surface area contributed by atoms with Gasteiger partial charge in [0.1, 0.15) is 0 Å². The van der Waals surface area contributed by atoms with E-state index in [-0.39, 0.29) is 6.29 Å². The minimum atomic E-state index is 0.0197. The Labute approximate surface area is 219 Å². The smallest absolute Gasteiger partial charge is 0.188 e. The van der Waals surface area contributed by atoms with Gasteiger partial charge in [-0.25, -0.2) is 0 Å². The van der Waals surface area contributed by atoms with Crippen molar-refractivity contribution in [3.8, 4) is 0 Å². The highest BCUT2D eigenvalue weighted by molar-refractivity contribution is 4.72. The predicted octanol–water partition coefficient (Wildman–Crippen LogP) is 10.1. The van der Waals surface area contributed by atoms with Gasteiger partial charge in [-0.15, -0.1) is 0 Å². The molecule has 0 aromatic carbocycles. The van der Waals surface area contributed by atoms with E-state index in [4.69, 9.17) is 18.9 Å². The van der Waals surface area contributed by atoms with Crippen LogP contribution in [-0.2, 0) is 18.9 Å². The average Bonchev–Trinajstić information content (AvgIpc) is 2.87. The topological polar surface area (TPSA) is 36.9 Å². The Morgan fingerprint density at radius 3 is 1.60 bits per heavy atom. The SMILES string of the molecule is CCCCCCOC(CCCCCCCCCCCC=COCOCCCC)OCCCCCC. The maximum Gasteiger partial charge on any atom is 0.188 e. The van der Waals surface area contributed by atoms with E-state index in [2.05, 4.69) is 26.8 Å². The average molecular weight is 499 g/mol.